The lowest BCUT2D eigenvalue weighted by molar-refractivity contribution is 0.920. The highest BCUT2D eigenvalue weighted by Crippen LogP contribution is 2.32. The van der Waals surface area contributed by atoms with Crippen LogP contribution in [0.15, 0.2) is 55.0 Å². The van der Waals surface area contributed by atoms with Crippen LogP contribution in [0.25, 0.3) is 22.4 Å². The van der Waals surface area contributed by atoms with Crippen LogP contribution in [0.2, 0.25) is 0 Å². The monoisotopic (exact) mass is 262 g/mol. The molecule has 100 valence electrons. The predicted octanol–water partition coefficient (Wildman–Crippen LogP) is 4.37. The summed E-state index contributed by atoms with van der Waals surface area (Å²) in [5.74, 6) is 0. The van der Waals surface area contributed by atoms with E-state index in [0.717, 1.165) is 5.69 Å². The maximum absolute atomic E-state index is 4.22. The van der Waals surface area contributed by atoms with Crippen molar-refractivity contribution in [2.75, 3.05) is 0 Å². The molecule has 2 nitrogen and oxygen atoms in total. The number of nitrogens with zero attached hydrogens (tertiary/aromatic N) is 2. The fourth-order valence-electron chi connectivity index (χ4n) is 2.70. The standard InChI is InChI=1S/C18H18N2/c1-13-7-4-5-8-15(13)16-9-6-10-17(14(16)2)18-11-19-12-20(18)3/h4-12H,1-3H3. The van der Waals surface area contributed by atoms with E-state index in [1.54, 1.807) is 0 Å². The molecule has 0 spiro atoms. The molecule has 1 aromatic heterocycles. The molecule has 0 amide bonds. The molecule has 0 bridgehead atoms. The summed E-state index contributed by atoms with van der Waals surface area (Å²) in [6.45, 7) is 4.34. The topological polar surface area (TPSA) is 17.8 Å². The van der Waals surface area contributed by atoms with Gasteiger partial charge in [-0.05, 0) is 36.1 Å². The minimum absolute atomic E-state index is 1.15. The van der Waals surface area contributed by atoms with Gasteiger partial charge in [-0.1, -0.05) is 42.5 Å². The van der Waals surface area contributed by atoms with E-state index in [4.69, 9.17) is 0 Å². The zero-order valence-electron chi connectivity index (χ0n) is 12.1. The number of hydrogen-bond acceptors (Lipinski definition) is 1. The lowest BCUT2D eigenvalue weighted by Gasteiger charge is -2.13. The summed E-state index contributed by atoms with van der Waals surface area (Å²) in [6, 6.07) is 15.0. The molecule has 1 heterocycles. The summed E-state index contributed by atoms with van der Waals surface area (Å²) in [5.41, 5.74) is 7.59. The Kier molecular flexibility index (Phi) is 3.15. The van der Waals surface area contributed by atoms with Crippen molar-refractivity contribution >= 4 is 0 Å². The van der Waals surface area contributed by atoms with Crippen LogP contribution in [-0.4, -0.2) is 9.55 Å². The van der Waals surface area contributed by atoms with Gasteiger partial charge in [0.1, 0.15) is 0 Å². The number of imidazole rings is 1. The number of rotatable bonds is 2. The molecule has 0 radical (unpaired) electrons. The van der Waals surface area contributed by atoms with E-state index in [9.17, 15) is 0 Å². The molecule has 0 atom stereocenters. The van der Waals surface area contributed by atoms with Crippen LogP contribution in [0, 0.1) is 13.8 Å². The third kappa shape index (κ3) is 2.03. The summed E-state index contributed by atoms with van der Waals surface area (Å²) >= 11 is 0. The Morgan fingerprint density at radius 3 is 2.25 bits per heavy atom. The summed E-state index contributed by atoms with van der Waals surface area (Å²) in [6.07, 6.45) is 3.76. The van der Waals surface area contributed by atoms with Gasteiger partial charge in [0.15, 0.2) is 0 Å². The van der Waals surface area contributed by atoms with Crippen LogP contribution in [0.5, 0.6) is 0 Å². The number of hydrogen-bond donors (Lipinski definition) is 0. The SMILES string of the molecule is Cc1ccccc1-c1cccc(-c2cncn2C)c1C. The summed E-state index contributed by atoms with van der Waals surface area (Å²) < 4.78 is 2.06. The fraction of sp³-hybridized carbons (Fsp3) is 0.167. The second kappa shape index (κ2) is 4.97. The van der Waals surface area contributed by atoms with Crippen molar-refractivity contribution in [3.05, 3.63) is 66.1 Å². The number of aryl methyl sites for hydroxylation is 2. The van der Waals surface area contributed by atoms with Crippen LogP contribution in [0.1, 0.15) is 11.1 Å². The van der Waals surface area contributed by atoms with Gasteiger partial charge in [0.25, 0.3) is 0 Å². The lowest BCUT2D eigenvalue weighted by atomic mass is 9.93. The molecule has 0 aliphatic carbocycles. The highest BCUT2D eigenvalue weighted by molar-refractivity contribution is 5.78. The highest BCUT2D eigenvalue weighted by Gasteiger charge is 2.11. The molecule has 0 saturated carbocycles. The van der Waals surface area contributed by atoms with Crippen molar-refractivity contribution in [1.82, 2.24) is 9.55 Å². The molecule has 0 aliphatic heterocycles. The quantitative estimate of drug-likeness (QED) is 0.670. The molecule has 2 aromatic carbocycles. The van der Waals surface area contributed by atoms with Crippen LogP contribution in [0.3, 0.4) is 0 Å². The van der Waals surface area contributed by atoms with E-state index in [1.807, 2.05) is 19.6 Å². The molecular weight excluding hydrogens is 244 g/mol. The molecule has 0 N–H and O–H groups in total. The summed E-state index contributed by atoms with van der Waals surface area (Å²) in [4.78, 5) is 4.22. The number of aromatic nitrogens is 2. The third-order valence-electron chi connectivity index (χ3n) is 3.86. The molecule has 0 aliphatic rings. The first kappa shape index (κ1) is 12.7. The normalized spacial score (nSPS) is 10.8. The largest absolute Gasteiger partial charge is 0.334 e. The second-order valence-corrected chi connectivity index (χ2v) is 5.18. The van der Waals surface area contributed by atoms with E-state index < -0.39 is 0 Å². The Labute approximate surface area is 119 Å². The van der Waals surface area contributed by atoms with Crippen LogP contribution in [0.4, 0.5) is 0 Å². The smallest absolute Gasteiger partial charge is 0.0948 e. The molecule has 20 heavy (non-hydrogen) atoms. The summed E-state index contributed by atoms with van der Waals surface area (Å²) in [7, 11) is 2.03. The first-order valence-corrected chi connectivity index (χ1v) is 6.81. The zero-order chi connectivity index (χ0) is 14.1. The average Bonchev–Trinajstić information content (AvgIpc) is 2.86. The Balaban J connectivity index is 2.21. The van der Waals surface area contributed by atoms with Gasteiger partial charge in [0, 0.05) is 12.6 Å². The van der Waals surface area contributed by atoms with Gasteiger partial charge in [-0.15, -0.1) is 0 Å². The van der Waals surface area contributed by atoms with E-state index in [-0.39, 0.29) is 0 Å². The molecule has 0 fully saturated rings. The van der Waals surface area contributed by atoms with Crippen molar-refractivity contribution in [2.24, 2.45) is 7.05 Å². The van der Waals surface area contributed by atoms with Crippen molar-refractivity contribution in [3.63, 3.8) is 0 Å². The number of benzene rings is 2. The van der Waals surface area contributed by atoms with Crippen molar-refractivity contribution in [1.29, 1.82) is 0 Å². The van der Waals surface area contributed by atoms with Crippen molar-refractivity contribution < 1.29 is 0 Å². The van der Waals surface area contributed by atoms with Gasteiger partial charge in [0.2, 0.25) is 0 Å². The Hall–Kier alpha value is -2.35. The van der Waals surface area contributed by atoms with E-state index >= 15 is 0 Å². The van der Waals surface area contributed by atoms with Crippen molar-refractivity contribution in [3.8, 4) is 22.4 Å². The second-order valence-electron chi connectivity index (χ2n) is 5.18. The fourth-order valence-corrected chi connectivity index (χ4v) is 2.70. The maximum atomic E-state index is 4.22. The zero-order valence-corrected chi connectivity index (χ0v) is 12.1. The first-order valence-electron chi connectivity index (χ1n) is 6.81. The van der Waals surface area contributed by atoms with Gasteiger partial charge >= 0.3 is 0 Å². The minimum Gasteiger partial charge on any atom is -0.334 e. The molecule has 0 unspecified atom stereocenters. The van der Waals surface area contributed by atoms with Gasteiger partial charge in [0.05, 0.1) is 18.2 Å². The van der Waals surface area contributed by atoms with Gasteiger partial charge in [-0.2, -0.15) is 0 Å². The molecule has 3 rings (SSSR count). The molecule has 3 aromatic rings. The Morgan fingerprint density at radius 1 is 0.850 bits per heavy atom. The third-order valence-corrected chi connectivity index (χ3v) is 3.86. The van der Waals surface area contributed by atoms with Gasteiger partial charge < -0.3 is 4.57 Å². The van der Waals surface area contributed by atoms with E-state index in [0.29, 0.717) is 0 Å². The van der Waals surface area contributed by atoms with Gasteiger partial charge in [-0.3, -0.25) is 0 Å². The predicted molar refractivity (Wildman–Crippen MR) is 83.6 cm³/mol. The molecule has 0 saturated heterocycles. The maximum Gasteiger partial charge on any atom is 0.0948 e. The van der Waals surface area contributed by atoms with Gasteiger partial charge in [-0.25, -0.2) is 4.98 Å². The van der Waals surface area contributed by atoms with E-state index in [2.05, 4.69) is 65.9 Å². The van der Waals surface area contributed by atoms with Crippen LogP contribution >= 0.6 is 0 Å². The highest BCUT2D eigenvalue weighted by atomic mass is 15.0. The molecule has 2 heteroatoms. The Bertz CT molecular complexity index is 754. The molecular formula is C18H18N2. The van der Waals surface area contributed by atoms with Crippen LogP contribution < -0.4 is 0 Å². The van der Waals surface area contributed by atoms with Crippen molar-refractivity contribution in [2.45, 2.75) is 13.8 Å². The lowest BCUT2D eigenvalue weighted by Crippen LogP contribution is -1.94. The average molecular weight is 262 g/mol. The van der Waals surface area contributed by atoms with E-state index in [1.165, 1.54) is 27.8 Å². The Morgan fingerprint density at radius 2 is 1.55 bits per heavy atom. The minimum atomic E-state index is 1.15. The van der Waals surface area contributed by atoms with Crippen LogP contribution in [-0.2, 0) is 7.05 Å². The summed E-state index contributed by atoms with van der Waals surface area (Å²) in [5, 5.41) is 0. The first-order chi connectivity index (χ1) is 9.68.